The predicted octanol–water partition coefficient (Wildman–Crippen LogP) is 4.54. The Morgan fingerprint density at radius 1 is 1.22 bits per heavy atom. The van der Waals surface area contributed by atoms with Crippen LogP contribution in [0.3, 0.4) is 0 Å². The van der Waals surface area contributed by atoms with Crippen molar-refractivity contribution in [3.8, 4) is 6.07 Å². The molecule has 1 aliphatic rings. The van der Waals surface area contributed by atoms with Crippen molar-refractivity contribution >= 4 is 0 Å². The van der Waals surface area contributed by atoms with E-state index in [9.17, 15) is 9.65 Å². The molecule has 0 heterocycles. The molecule has 1 nitrogen and oxygen atoms in total. The van der Waals surface area contributed by atoms with E-state index in [0.717, 1.165) is 36.8 Å². The average molecular weight is 245 g/mol. The Kier molecular flexibility index (Phi) is 4.01. The molecule has 0 radical (unpaired) electrons. The Morgan fingerprint density at radius 2 is 1.89 bits per heavy atom. The molecule has 0 amide bonds. The van der Waals surface area contributed by atoms with Gasteiger partial charge in [0.05, 0.1) is 11.5 Å². The Hall–Kier alpha value is -1.36. The van der Waals surface area contributed by atoms with Crippen molar-refractivity contribution in [3.63, 3.8) is 0 Å². The van der Waals surface area contributed by atoms with Crippen LogP contribution in [0.2, 0.25) is 0 Å². The average Bonchev–Trinajstić information content (AvgIpc) is 2.60. The number of aryl methyl sites for hydroxylation is 1. The quantitative estimate of drug-likeness (QED) is 0.702. The van der Waals surface area contributed by atoms with E-state index in [4.69, 9.17) is 0 Å². The minimum atomic E-state index is -0.269. The number of rotatable bonds is 2. The number of nitrogens with zero attached hydrogens (tertiary/aromatic N) is 1. The normalized spacial score (nSPS) is 18.9. The summed E-state index contributed by atoms with van der Waals surface area (Å²) in [4.78, 5) is 0. The molecule has 0 atom stereocenters. The lowest BCUT2D eigenvalue weighted by Gasteiger charge is -2.25. The fourth-order valence-corrected chi connectivity index (χ4v) is 2.93. The zero-order chi connectivity index (χ0) is 13.0. The molecule has 2 heteroatoms. The predicted molar refractivity (Wildman–Crippen MR) is 70.6 cm³/mol. The van der Waals surface area contributed by atoms with E-state index < -0.39 is 0 Å². The van der Waals surface area contributed by atoms with E-state index >= 15 is 0 Å². The van der Waals surface area contributed by atoms with E-state index in [0.29, 0.717) is 6.42 Å². The number of hydrogen-bond acceptors (Lipinski definition) is 1. The lowest BCUT2D eigenvalue weighted by atomic mass is 9.76. The second kappa shape index (κ2) is 5.52. The van der Waals surface area contributed by atoms with Crippen LogP contribution in [0, 0.1) is 29.5 Å². The van der Waals surface area contributed by atoms with E-state index in [1.165, 1.54) is 18.9 Å². The van der Waals surface area contributed by atoms with Gasteiger partial charge in [0.1, 0.15) is 5.82 Å². The first kappa shape index (κ1) is 13.1. The standard InChI is InChI=1S/C16H20FN/c1-13-6-7-15(17)10-14(13)11-16(12-18)8-4-2-3-5-9-16/h6-7,10H,2-5,8-9,11H2,1H3. The summed E-state index contributed by atoms with van der Waals surface area (Å²) in [5.41, 5.74) is 1.82. The van der Waals surface area contributed by atoms with Gasteiger partial charge in [0.15, 0.2) is 0 Å². The summed E-state index contributed by atoms with van der Waals surface area (Å²) in [6.07, 6.45) is 7.33. The van der Waals surface area contributed by atoms with E-state index in [1.54, 1.807) is 6.07 Å². The fraction of sp³-hybridized carbons (Fsp3) is 0.562. The molecule has 0 bridgehead atoms. The van der Waals surface area contributed by atoms with Crippen LogP contribution < -0.4 is 0 Å². The number of benzene rings is 1. The van der Waals surface area contributed by atoms with Gasteiger partial charge >= 0.3 is 0 Å². The van der Waals surface area contributed by atoms with Crippen molar-refractivity contribution in [2.75, 3.05) is 0 Å². The van der Waals surface area contributed by atoms with Crippen LogP contribution in [-0.2, 0) is 6.42 Å². The van der Waals surface area contributed by atoms with Crippen molar-refractivity contribution in [1.29, 1.82) is 5.26 Å². The third-order valence-electron chi connectivity index (χ3n) is 4.14. The zero-order valence-corrected chi connectivity index (χ0v) is 11.0. The van der Waals surface area contributed by atoms with Gasteiger partial charge in [-0.2, -0.15) is 5.26 Å². The third-order valence-corrected chi connectivity index (χ3v) is 4.14. The molecule has 0 aliphatic heterocycles. The lowest BCUT2D eigenvalue weighted by molar-refractivity contribution is 0.338. The molecule has 1 aromatic rings. The van der Waals surface area contributed by atoms with Gasteiger partial charge in [-0.1, -0.05) is 31.7 Å². The molecule has 1 aromatic carbocycles. The SMILES string of the molecule is Cc1ccc(F)cc1CC1(C#N)CCCCCC1. The maximum atomic E-state index is 13.3. The molecular formula is C16H20FN. The molecular weight excluding hydrogens is 225 g/mol. The molecule has 1 saturated carbocycles. The van der Waals surface area contributed by atoms with Crippen molar-refractivity contribution in [3.05, 3.63) is 35.1 Å². The van der Waals surface area contributed by atoms with Gasteiger partial charge in [-0.25, -0.2) is 4.39 Å². The molecule has 18 heavy (non-hydrogen) atoms. The topological polar surface area (TPSA) is 23.8 Å². The lowest BCUT2D eigenvalue weighted by Crippen LogP contribution is -2.21. The number of halogens is 1. The molecule has 96 valence electrons. The molecule has 2 rings (SSSR count). The summed E-state index contributed by atoms with van der Waals surface area (Å²) < 4.78 is 13.3. The molecule has 0 spiro atoms. The van der Waals surface area contributed by atoms with E-state index in [1.807, 2.05) is 13.0 Å². The molecule has 1 aliphatic carbocycles. The summed E-state index contributed by atoms with van der Waals surface area (Å²) >= 11 is 0. The fourth-order valence-electron chi connectivity index (χ4n) is 2.93. The van der Waals surface area contributed by atoms with Gasteiger partial charge in [-0.3, -0.25) is 0 Å². The summed E-state index contributed by atoms with van der Waals surface area (Å²) in [6, 6.07) is 7.43. The zero-order valence-electron chi connectivity index (χ0n) is 11.0. The first-order valence-corrected chi connectivity index (χ1v) is 6.81. The maximum absolute atomic E-state index is 13.3. The molecule has 0 N–H and O–H groups in total. The van der Waals surface area contributed by atoms with Crippen LogP contribution in [0.5, 0.6) is 0 Å². The van der Waals surface area contributed by atoms with E-state index in [2.05, 4.69) is 6.07 Å². The Labute approximate surface area is 109 Å². The van der Waals surface area contributed by atoms with E-state index in [-0.39, 0.29) is 11.2 Å². The van der Waals surface area contributed by atoms with Crippen molar-refractivity contribution in [2.45, 2.75) is 51.9 Å². The summed E-state index contributed by atoms with van der Waals surface area (Å²) in [6.45, 7) is 2.00. The minimum Gasteiger partial charge on any atom is -0.207 e. The smallest absolute Gasteiger partial charge is 0.123 e. The number of nitriles is 1. The number of hydrogen-bond donors (Lipinski definition) is 0. The van der Waals surface area contributed by atoms with Gasteiger partial charge in [0.25, 0.3) is 0 Å². The monoisotopic (exact) mass is 245 g/mol. The molecule has 0 aromatic heterocycles. The van der Waals surface area contributed by atoms with Crippen LogP contribution in [0.15, 0.2) is 18.2 Å². The molecule has 0 saturated heterocycles. The van der Waals surface area contributed by atoms with Crippen LogP contribution in [0.25, 0.3) is 0 Å². The first-order chi connectivity index (χ1) is 8.65. The van der Waals surface area contributed by atoms with Gasteiger partial charge in [0, 0.05) is 0 Å². The Morgan fingerprint density at radius 3 is 2.50 bits per heavy atom. The van der Waals surface area contributed by atoms with Crippen LogP contribution in [0.1, 0.15) is 49.7 Å². The Bertz CT molecular complexity index is 451. The second-order valence-corrected chi connectivity index (χ2v) is 5.55. The van der Waals surface area contributed by atoms with Gasteiger partial charge < -0.3 is 0 Å². The highest BCUT2D eigenvalue weighted by molar-refractivity contribution is 5.29. The van der Waals surface area contributed by atoms with Crippen molar-refractivity contribution in [2.24, 2.45) is 5.41 Å². The van der Waals surface area contributed by atoms with Gasteiger partial charge in [-0.15, -0.1) is 0 Å². The minimum absolute atomic E-state index is 0.197. The second-order valence-electron chi connectivity index (χ2n) is 5.55. The van der Waals surface area contributed by atoms with Crippen molar-refractivity contribution in [1.82, 2.24) is 0 Å². The maximum Gasteiger partial charge on any atom is 0.123 e. The summed E-state index contributed by atoms with van der Waals surface area (Å²) in [5.74, 6) is -0.197. The van der Waals surface area contributed by atoms with Gasteiger partial charge in [-0.05, 0) is 49.4 Å². The third kappa shape index (κ3) is 2.90. The van der Waals surface area contributed by atoms with Crippen LogP contribution in [-0.4, -0.2) is 0 Å². The summed E-state index contributed by atoms with van der Waals surface area (Å²) in [5, 5.41) is 9.54. The first-order valence-electron chi connectivity index (χ1n) is 6.81. The Balaban J connectivity index is 2.24. The molecule has 1 fully saturated rings. The molecule has 0 unspecified atom stereocenters. The van der Waals surface area contributed by atoms with Crippen LogP contribution >= 0.6 is 0 Å². The van der Waals surface area contributed by atoms with Crippen LogP contribution in [0.4, 0.5) is 4.39 Å². The highest BCUT2D eigenvalue weighted by Crippen LogP contribution is 2.38. The highest BCUT2D eigenvalue weighted by Gasteiger charge is 2.31. The summed E-state index contributed by atoms with van der Waals surface area (Å²) in [7, 11) is 0. The highest BCUT2D eigenvalue weighted by atomic mass is 19.1. The largest absolute Gasteiger partial charge is 0.207 e. The van der Waals surface area contributed by atoms with Crippen molar-refractivity contribution < 1.29 is 4.39 Å². The van der Waals surface area contributed by atoms with Gasteiger partial charge in [0.2, 0.25) is 0 Å².